The SMILES string of the molecule is CC(C)c1nnc(NC(=O)CN2CCCC(CCN)C2)o1. The van der Waals surface area contributed by atoms with Gasteiger partial charge in [0.25, 0.3) is 0 Å². The number of hydrogen-bond donors (Lipinski definition) is 2. The Morgan fingerprint density at radius 1 is 1.52 bits per heavy atom. The van der Waals surface area contributed by atoms with Crippen LogP contribution in [0.1, 0.15) is 44.9 Å². The van der Waals surface area contributed by atoms with Crippen molar-refractivity contribution in [2.45, 2.75) is 39.0 Å². The zero-order chi connectivity index (χ0) is 15.2. The first-order valence-electron chi connectivity index (χ1n) is 7.64. The van der Waals surface area contributed by atoms with Crippen molar-refractivity contribution >= 4 is 11.9 Å². The lowest BCUT2D eigenvalue weighted by Gasteiger charge is -2.31. The highest BCUT2D eigenvalue weighted by molar-refractivity contribution is 5.90. The molecule has 0 aromatic carbocycles. The molecule has 1 aromatic heterocycles. The Bertz CT molecular complexity index is 458. The van der Waals surface area contributed by atoms with Crippen LogP contribution in [0.2, 0.25) is 0 Å². The molecule has 0 spiro atoms. The molecule has 0 bridgehead atoms. The molecule has 7 nitrogen and oxygen atoms in total. The minimum absolute atomic E-state index is 0.109. The van der Waals surface area contributed by atoms with Crippen LogP contribution in [-0.2, 0) is 4.79 Å². The summed E-state index contributed by atoms with van der Waals surface area (Å²) in [5, 5.41) is 10.4. The molecule has 1 aliphatic heterocycles. The minimum atomic E-state index is -0.109. The van der Waals surface area contributed by atoms with Crippen LogP contribution in [-0.4, -0.2) is 47.2 Å². The van der Waals surface area contributed by atoms with Crippen molar-refractivity contribution < 1.29 is 9.21 Å². The quantitative estimate of drug-likeness (QED) is 0.818. The third-order valence-electron chi connectivity index (χ3n) is 3.73. The Morgan fingerprint density at radius 3 is 3.00 bits per heavy atom. The van der Waals surface area contributed by atoms with Crippen LogP contribution >= 0.6 is 0 Å². The van der Waals surface area contributed by atoms with Gasteiger partial charge in [0.05, 0.1) is 6.54 Å². The van der Waals surface area contributed by atoms with Crippen molar-refractivity contribution in [3.63, 3.8) is 0 Å². The maximum atomic E-state index is 12.0. The molecule has 2 rings (SSSR count). The Balaban J connectivity index is 1.80. The summed E-state index contributed by atoms with van der Waals surface area (Å²) in [6.45, 7) is 6.89. The van der Waals surface area contributed by atoms with Gasteiger partial charge in [-0.05, 0) is 38.3 Å². The van der Waals surface area contributed by atoms with Gasteiger partial charge in [0.2, 0.25) is 11.8 Å². The monoisotopic (exact) mass is 295 g/mol. The lowest BCUT2D eigenvalue weighted by Crippen LogP contribution is -2.41. The summed E-state index contributed by atoms with van der Waals surface area (Å²) in [4.78, 5) is 14.2. The van der Waals surface area contributed by atoms with Crippen molar-refractivity contribution in [1.82, 2.24) is 15.1 Å². The molecule has 0 radical (unpaired) electrons. The molecule has 1 aromatic rings. The number of amides is 1. The molecule has 3 N–H and O–H groups in total. The van der Waals surface area contributed by atoms with E-state index in [1.807, 2.05) is 13.8 Å². The van der Waals surface area contributed by atoms with Crippen LogP contribution in [0.5, 0.6) is 0 Å². The van der Waals surface area contributed by atoms with Crippen molar-refractivity contribution in [2.24, 2.45) is 11.7 Å². The number of piperidine rings is 1. The number of anilines is 1. The molecule has 1 amide bonds. The fourth-order valence-corrected chi connectivity index (χ4v) is 2.65. The Hall–Kier alpha value is -1.47. The topological polar surface area (TPSA) is 97.3 Å². The maximum Gasteiger partial charge on any atom is 0.322 e. The number of hydrogen-bond acceptors (Lipinski definition) is 6. The lowest BCUT2D eigenvalue weighted by atomic mass is 9.95. The van der Waals surface area contributed by atoms with Gasteiger partial charge in [-0.25, -0.2) is 0 Å². The molecule has 7 heteroatoms. The number of rotatable bonds is 6. The zero-order valence-corrected chi connectivity index (χ0v) is 12.8. The minimum Gasteiger partial charge on any atom is -0.408 e. The lowest BCUT2D eigenvalue weighted by molar-refractivity contribution is -0.117. The Labute approximate surface area is 125 Å². The highest BCUT2D eigenvalue weighted by Gasteiger charge is 2.21. The van der Waals surface area contributed by atoms with Gasteiger partial charge < -0.3 is 10.2 Å². The number of nitrogens with one attached hydrogen (secondary N) is 1. The van der Waals surface area contributed by atoms with Crippen molar-refractivity contribution in [3.8, 4) is 0 Å². The van der Waals surface area contributed by atoms with Crippen molar-refractivity contribution in [1.29, 1.82) is 0 Å². The third kappa shape index (κ3) is 4.78. The second-order valence-electron chi connectivity index (χ2n) is 5.97. The standard InChI is InChI=1S/C14H25N5O2/c1-10(2)13-17-18-14(21-13)16-12(20)9-19-7-3-4-11(8-19)5-6-15/h10-11H,3-9,15H2,1-2H3,(H,16,18,20). The summed E-state index contributed by atoms with van der Waals surface area (Å²) in [7, 11) is 0. The Kier molecular flexibility index (Phi) is 5.69. The molecule has 2 heterocycles. The predicted molar refractivity (Wildman–Crippen MR) is 79.9 cm³/mol. The number of likely N-dealkylation sites (tertiary alicyclic amines) is 1. The molecule has 118 valence electrons. The van der Waals surface area contributed by atoms with E-state index >= 15 is 0 Å². The van der Waals surface area contributed by atoms with E-state index in [0.717, 1.165) is 25.9 Å². The Morgan fingerprint density at radius 2 is 2.33 bits per heavy atom. The molecule has 1 unspecified atom stereocenters. The average Bonchev–Trinajstić information content (AvgIpc) is 2.88. The summed E-state index contributed by atoms with van der Waals surface area (Å²) < 4.78 is 5.38. The van der Waals surface area contributed by atoms with E-state index in [1.54, 1.807) is 0 Å². The van der Waals surface area contributed by atoms with Crippen LogP contribution < -0.4 is 11.1 Å². The van der Waals surface area contributed by atoms with E-state index in [-0.39, 0.29) is 17.8 Å². The second-order valence-corrected chi connectivity index (χ2v) is 5.97. The first-order valence-corrected chi connectivity index (χ1v) is 7.64. The van der Waals surface area contributed by atoms with Gasteiger partial charge in [-0.1, -0.05) is 18.9 Å². The van der Waals surface area contributed by atoms with Crippen molar-refractivity contribution in [2.75, 3.05) is 31.5 Å². The van der Waals surface area contributed by atoms with E-state index in [2.05, 4.69) is 20.4 Å². The van der Waals surface area contributed by atoms with E-state index in [0.29, 0.717) is 24.9 Å². The van der Waals surface area contributed by atoms with E-state index in [4.69, 9.17) is 10.2 Å². The van der Waals surface area contributed by atoms with Gasteiger partial charge >= 0.3 is 6.01 Å². The summed E-state index contributed by atoms with van der Waals surface area (Å²) in [6, 6.07) is 0.180. The molecular formula is C14H25N5O2. The molecule has 1 saturated heterocycles. The fraction of sp³-hybridized carbons (Fsp3) is 0.786. The number of carbonyl (C=O) groups is 1. The average molecular weight is 295 g/mol. The number of aromatic nitrogens is 2. The first kappa shape index (κ1) is 15.9. The van der Waals surface area contributed by atoms with Crippen LogP contribution in [0.15, 0.2) is 4.42 Å². The van der Waals surface area contributed by atoms with E-state index in [9.17, 15) is 4.79 Å². The molecule has 1 aliphatic rings. The molecule has 0 aliphatic carbocycles. The smallest absolute Gasteiger partial charge is 0.322 e. The number of carbonyl (C=O) groups excluding carboxylic acids is 1. The maximum absolute atomic E-state index is 12.0. The van der Waals surface area contributed by atoms with Crippen LogP contribution in [0.3, 0.4) is 0 Å². The van der Waals surface area contributed by atoms with Crippen molar-refractivity contribution in [3.05, 3.63) is 5.89 Å². The second kappa shape index (κ2) is 7.51. The van der Waals surface area contributed by atoms with Gasteiger partial charge in [0, 0.05) is 12.5 Å². The van der Waals surface area contributed by atoms with Crippen LogP contribution in [0.25, 0.3) is 0 Å². The normalized spacial score (nSPS) is 19.9. The predicted octanol–water partition coefficient (Wildman–Crippen LogP) is 1.19. The summed E-state index contributed by atoms with van der Waals surface area (Å²) in [5.41, 5.74) is 5.61. The van der Waals surface area contributed by atoms with Gasteiger partial charge in [0.1, 0.15) is 0 Å². The highest BCUT2D eigenvalue weighted by Crippen LogP contribution is 2.19. The van der Waals surface area contributed by atoms with Crippen LogP contribution in [0.4, 0.5) is 6.01 Å². The first-order chi connectivity index (χ1) is 10.1. The summed E-state index contributed by atoms with van der Waals surface area (Å²) in [6.07, 6.45) is 3.35. The van der Waals surface area contributed by atoms with Gasteiger partial charge in [0.15, 0.2) is 0 Å². The summed E-state index contributed by atoms with van der Waals surface area (Å²) in [5.74, 6) is 1.18. The highest BCUT2D eigenvalue weighted by atomic mass is 16.4. The van der Waals surface area contributed by atoms with Crippen LogP contribution in [0, 0.1) is 5.92 Å². The van der Waals surface area contributed by atoms with Gasteiger partial charge in [-0.15, -0.1) is 5.10 Å². The third-order valence-corrected chi connectivity index (χ3v) is 3.73. The molecule has 1 fully saturated rings. The van der Waals surface area contributed by atoms with Gasteiger partial charge in [-0.3, -0.25) is 15.0 Å². The fourth-order valence-electron chi connectivity index (χ4n) is 2.65. The van der Waals surface area contributed by atoms with E-state index < -0.39 is 0 Å². The molecular weight excluding hydrogens is 270 g/mol. The van der Waals surface area contributed by atoms with E-state index in [1.165, 1.54) is 6.42 Å². The number of nitrogens with two attached hydrogens (primary N) is 1. The molecule has 21 heavy (non-hydrogen) atoms. The number of nitrogens with zero attached hydrogens (tertiary/aromatic N) is 3. The zero-order valence-electron chi connectivity index (χ0n) is 12.8. The van der Waals surface area contributed by atoms with Gasteiger partial charge in [-0.2, -0.15) is 0 Å². The summed E-state index contributed by atoms with van der Waals surface area (Å²) >= 11 is 0. The largest absolute Gasteiger partial charge is 0.408 e. The molecule has 0 saturated carbocycles. The molecule has 1 atom stereocenters.